The number of nitrogens with zero attached hydrogens (tertiary/aromatic N) is 2. The Kier molecular flexibility index (Phi) is 3.04. The Balaban J connectivity index is 3.09. The van der Waals surface area contributed by atoms with E-state index in [4.69, 9.17) is 11.0 Å². The van der Waals surface area contributed by atoms with Crippen molar-refractivity contribution in [2.24, 2.45) is 5.73 Å². The van der Waals surface area contributed by atoms with Crippen molar-refractivity contribution in [3.8, 4) is 6.07 Å². The molecule has 3 nitrogen and oxygen atoms in total. The number of thiazole rings is 1. The fraction of sp³-hybridized carbons (Fsp3) is 0.333. The third-order valence-corrected chi connectivity index (χ3v) is 2.54. The second-order valence-corrected chi connectivity index (χ2v) is 3.53. The highest BCUT2D eigenvalue weighted by molar-refractivity contribution is 7.10. The fourth-order valence-corrected chi connectivity index (χ4v) is 1.85. The lowest BCUT2D eigenvalue weighted by Gasteiger charge is -1.94. The second-order valence-electron chi connectivity index (χ2n) is 2.67. The van der Waals surface area contributed by atoms with Crippen LogP contribution in [0.15, 0.2) is 11.1 Å². The lowest BCUT2D eigenvalue weighted by Crippen LogP contribution is -1.96. The van der Waals surface area contributed by atoms with Gasteiger partial charge in [-0.15, -0.1) is 11.3 Å². The first-order valence-electron chi connectivity index (χ1n) is 4.00. The molecule has 0 aliphatic carbocycles. The molecule has 0 fully saturated rings. The van der Waals surface area contributed by atoms with Crippen molar-refractivity contribution >= 4 is 16.9 Å². The van der Waals surface area contributed by atoms with Crippen LogP contribution in [0.1, 0.15) is 24.5 Å². The van der Waals surface area contributed by atoms with Crippen LogP contribution in [-0.2, 0) is 6.42 Å². The molecular formula is C9H11N3S. The van der Waals surface area contributed by atoms with Gasteiger partial charge in [-0.2, -0.15) is 5.26 Å². The summed E-state index contributed by atoms with van der Waals surface area (Å²) in [5, 5.41) is 11.5. The van der Waals surface area contributed by atoms with E-state index in [0.717, 1.165) is 17.1 Å². The molecule has 0 bridgehead atoms. The SMILES string of the molecule is CCc1csc(/C(C#N)=C(/C)N)n1. The van der Waals surface area contributed by atoms with Gasteiger partial charge in [-0.3, -0.25) is 0 Å². The van der Waals surface area contributed by atoms with Crippen molar-refractivity contribution in [2.75, 3.05) is 0 Å². The summed E-state index contributed by atoms with van der Waals surface area (Å²) in [6.45, 7) is 3.75. The quantitative estimate of drug-likeness (QED) is 0.730. The zero-order valence-electron chi connectivity index (χ0n) is 7.66. The standard InChI is InChI=1S/C9H11N3S/c1-3-7-5-13-9(12-7)8(4-10)6(2)11/h5H,3,11H2,1-2H3/b8-6-. The number of hydrogen-bond donors (Lipinski definition) is 1. The van der Waals surface area contributed by atoms with Crippen LogP contribution in [0.2, 0.25) is 0 Å². The topological polar surface area (TPSA) is 62.7 Å². The number of nitriles is 1. The minimum atomic E-state index is 0.490. The molecule has 1 rings (SSSR count). The first kappa shape index (κ1) is 9.75. The van der Waals surface area contributed by atoms with Gasteiger partial charge in [0.1, 0.15) is 16.6 Å². The minimum Gasteiger partial charge on any atom is -0.401 e. The Labute approximate surface area is 81.5 Å². The lowest BCUT2D eigenvalue weighted by molar-refractivity contribution is 1.06. The zero-order valence-corrected chi connectivity index (χ0v) is 8.48. The molecule has 0 saturated heterocycles. The summed E-state index contributed by atoms with van der Waals surface area (Å²) in [5.41, 5.74) is 7.58. The highest BCUT2D eigenvalue weighted by Crippen LogP contribution is 2.20. The van der Waals surface area contributed by atoms with E-state index in [1.54, 1.807) is 6.92 Å². The van der Waals surface area contributed by atoms with Gasteiger partial charge in [0.05, 0.1) is 5.69 Å². The highest BCUT2D eigenvalue weighted by Gasteiger charge is 2.07. The average Bonchev–Trinajstić information content (AvgIpc) is 2.53. The van der Waals surface area contributed by atoms with Crippen LogP contribution in [0.25, 0.3) is 5.57 Å². The maximum absolute atomic E-state index is 8.81. The van der Waals surface area contributed by atoms with Gasteiger partial charge < -0.3 is 5.73 Å². The smallest absolute Gasteiger partial charge is 0.135 e. The molecule has 0 radical (unpaired) electrons. The van der Waals surface area contributed by atoms with Crippen LogP contribution >= 0.6 is 11.3 Å². The Hall–Kier alpha value is -1.34. The van der Waals surface area contributed by atoms with Gasteiger partial charge in [-0.1, -0.05) is 6.92 Å². The maximum Gasteiger partial charge on any atom is 0.135 e. The van der Waals surface area contributed by atoms with E-state index in [1.165, 1.54) is 11.3 Å². The van der Waals surface area contributed by atoms with E-state index >= 15 is 0 Å². The predicted octanol–water partition coefficient (Wildman–Crippen LogP) is 1.92. The molecule has 1 aromatic rings. The fourth-order valence-electron chi connectivity index (χ4n) is 0.889. The Bertz CT molecular complexity index is 366. The van der Waals surface area contributed by atoms with Gasteiger partial charge in [-0.05, 0) is 13.3 Å². The van der Waals surface area contributed by atoms with E-state index in [9.17, 15) is 0 Å². The largest absolute Gasteiger partial charge is 0.401 e. The van der Waals surface area contributed by atoms with Crippen molar-refractivity contribution in [3.05, 3.63) is 21.8 Å². The Morgan fingerprint density at radius 3 is 2.85 bits per heavy atom. The third-order valence-electron chi connectivity index (χ3n) is 1.63. The lowest BCUT2D eigenvalue weighted by atomic mass is 10.2. The third kappa shape index (κ3) is 2.07. The number of nitrogens with two attached hydrogens (primary N) is 1. The summed E-state index contributed by atoms with van der Waals surface area (Å²) < 4.78 is 0. The van der Waals surface area contributed by atoms with Crippen molar-refractivity contribution in [2.45, 2.75) is 20.3 Å². The molecule has 4 heteroatoms. The van der Waals surface area contributed by atoms with Crippen molar-refractivity contribution in [1.82, 2.24) is 4.98 Å². The van der Waals surface area contributed by atoms with Crippen LogP contribution in [0, 0.1) is 11.3 Å². The van der Waals surface area contributed by atoms with Crippen LogP contribution in [-0.4, -0.2) is 4.98 Å². The number of allylic oxidation sites excluding steroid dienone is 2. The normalized spacial score (nSPS) is 12.1. The zero-order chi connectivity index (χ0) is 9.84. The van der Waals surface area contributed by atoms with E-state index in [2.05, 4.69) is 11.1 Å². The summed E-state index contributed by atoms with van der Waals surface area (Å²) in [7, 11) is 0. The first-order chi connectivity index (χ1) is 6.19. The van der Waals surface area contributed by atoms with Crippen molar-refractivity contribution in [1.29, 1.82) is 5.26 Å². The molecule has 0 spiro atoms. The maximum atomic E-state index is 8.81. The molecule has 0 aliphatic rings. The van der Waals surface area contributed by atoms with Gasteiger partial charge in [0.15, 0.2) is 0 Å². The van der Waals surface area contributed by atoms with Gasteiger partial charge in [0.2, 0.25) is 0 Å². The van der Waals surface area contributed by atoms with Gasteiger partial charge in [-0.25, -0.2) is 4.98 Å². The number of hydrogen-bond acceptors (Lipinski definition) is 4. The highest BCUT2D eigenvalue weighted by atomic mass is 32.1. The Morgan fingerprint density at radius 1 is 1.77 bits per heavy atom. The van der Waals surface area contributed by atoms with E-state index in [1.807, 2.05) is 12.3 Å². The molecule has 0 saturated carbocycles. The van der Waals surface area contributed by atoms with Crippen LogP contribution in [0.5, 0.6) is 0 Å². The first-order valence-corrected chi connectivity index (χ1v) is 4.88. The molecule has 0 aliphatic heterocycles. The molecule has 0 aromatic carbocycles. The molecule has 1 heterocycles. The number of aromatic nitrogens is 1. The molecule has 0 unspecified atom stereocenters. The van der Waals surface area contributed by atoms with Crippen molar-refractivity contribution < 1.29 is 0 Å². The molecule has 1 aromatic heterocycles. The summed E-state index contributed by atoms with van der Waals surface area (Å²) in [4.78, 5) is 4.28. The van der Waals surface area contributed by atoms with Gasteiger partial charge in [0.25, 0.3) is 0 Å². The number of aryl methyl sites for hydroxylation is 1. The Morgan fingerprint density at radius 2 is 2.46 bits per heavy atom. The molecule has 0 amide bonds. The van der Waals surface area contributed by atoms with E-state index in [0.29, 0.717) is 11.3 Å². The van der Waals surface area contributed by atoms with Crippen LogP contribution in [0.4, 0.5) is 0 Å². The van der Waals surface area contributed by atoms with Crippen molar-refractivity contribution in [3.63, 3.8) is 0 Å². The monoisotopic (exact) mass is 193 g/mol. The minimum absolute atomic E-state index is 0.490. The predicted molar refractivity (Wildman–Crippen MR) is 53.9 cm³/mol. The summed E-state index contributed by atoms with van der Waals surface area (Å²) >= 11 is 1.46. The van der Waals surface area contributed by atoms with E-state index < -0.39 is 0 Å². The number of rotatable bonds is 2. The molecule has 2 N–H and O–H groups in total. The van der Waals surface area contributed by atoms with E-state index in [-0.39, 0.29) is 0 Å². The molecule has 68 valence electrons. The molecular weight excluding hydrogens is 182 g/mol. The molecule has 13 heavy (non-hydrogen) atoms. The summed E-state index contributed by atoms with van der Waals surface area (Å²) in [6, 6.07) is 2.06. The average molecular weight is 193 g/mol. The van der Waals surface area contributed by atoms with Crippen LogP contribution < -0.4 is 5.73 Å². The van der Waals surface area contributed by atoms with Gasteiger partial charge in [0, 0.05) is 11.1 Å². The van der Waals surface area contributed by atoms with Gasteiger partial charge >= 0.3 is 0 Å². The summed E-state index contributed by atoms with van der Waals surface area (Å²) in [6.07, 6.45) is 0.888. The second kappa shape index (κ2) is 4.06. The molecule has 0 atom stereocenters. The summed E-state index contributed by atoms with van der Waals surface area (Å²) in [5.74, 6) is 0. The van der Waals surface area contributed by atoms with Crippen LogP contribution in [0.3, 0.4) is 0 Å².